The van der Waals surface area contributed by atoms with Gasteiger partial charge in [-0.3, -0.25) is 0 Å². The Balaban J connectivity index is 2.76. The molecule has 0 spiro atoms. The zero-order chi connectivity index (χ0) is 8.27. The van der Waals surface area contributed by atoms with E-state index in [1.54, 1.807) is 6.54 Å². The van der Waals surface area contributed by atoms with E-state index in [-0.39, 0.29) is 5.88 Å². The van der Waals surface area contributed by atoms with Gasteiger partial charge in [-0.2, -0.15) is 0 Å². The minimum atomic E-state index is 0.156. The molecule has 1 rings (SSSR count). The molecule has 1 aliphatic rings. The summed E-state index contributed by atoms with van der Waals surface area (Å²) < 4.78 is 0. The van der Waals surface area contributed by atoms with Crippen molar-refractivity contribution in [2.45, 2.75) is 26.7 Å². The van der Waals surface area contributed by atoms with Gasteiger partial charge in [0, 0.05) is 12.0 Å². The number of nitrogens with zero attached hydrogens (tertiary/aromatic N) is 1. The molecule has 0 aromatic carbocycles. The molecule has 0 aliphatic carbocycles. The largest absolute Gasteiger partial charge is 0.493 e. The lowest BCUT2D eigenvalue weighted by molar-refractivity contribution is 0.394. The second-order valence-electron chi connectivity index (χ2n) is 2.40. The van der Waals surface area contributed by atoms with Crippen molar-refractivity contribution in [3.63, 3.8) is 0 Å². The van der Waals surface area contributed by atoms with Crippen LogP contribution in [0.5, 0.6) is 0 Å². The molecule has 0 saturated carbocycles. The van der Waals surface area contributed by atoms with E-state index < -0.39 is 0 Å². The first kappa shape index (κ1) is 8.11. The van der Waals surface area contributed by atoms with Gasteiger partial charge in [0.1, 0.15) is 5.84 Å². The molecule has 11 heavy (non-hydrogen) atoms. The SMILES string of the molecule is CCC1=NC(O)=C(CC)[CH]N1. The molecule has 0 saturated heterocycles. The second-order valence-corrected chi connectivity index (χ2v) is 2.40. The summed E-state index contributed by atoms with van der Waals surface area (Å²) in [5.41, 5.74) is 0.863. The number of aliphatic imine (C=N–C) groups is 1. The maximum absolute atomic E-state index is 9.29. The third-order valence-electron chi connectivity index (χ3n) is 1.66. The monoisotopic (exact) mass is 153 g/mol. The van der Waals surface area contributed by atoms with Gasteiger partial charge in [-0.1, -0.05) is 13.8 Å². The van der Waals surface area contributed by atoms with Crippen molar-refractivity contribution in [1.82, 2.24) is 5.32 Å². The summed E-state index contributed by atoms with van der Waals surface area (Å²) in [5.74, 6) is 0.975. The van der Waals surface area contributed by atoms with Crippen molar-refractivity contribution in [3.8, 4) is 0 Å². The van der Waals surface area contributed by atoms with E-state index in [4.69, 9.17) is 0 Å². The Kier molecular flexibility index (Phi) is 2.52. The zero-order valence-electron chi connectivity index (χ0n) is 6.89. The summed E-state index contributed by atoms with van der Waals surface area (Å²) in [6.45, 7) is 5.78. The number of rotatable bonds is 2. The number of aliphatic hydroxyl groups excluding tert-OH is 1. The molecule has 2 N–H and O–H groups in total. The molecule has 0 amide bonds. The van der Waals surface area contributed by atoms with Gasteiger partial charge < -0.3 is 10.4 Å². The predicted molar refractivity (Wildman–Crippen MR) is 45.1 cm³/mol. The quantitative estimate of drug-likeness (QED) is 0.634. The Morgan fingerprint density at radius 2 is 2.18 bits per heavy atom. The van der Waals surface area contributed by atoms with Crippen molar-refractivity contribution in [1.29, 1.82) is 0 Å². The Labute approximate surface area is 66.8 Å². The lowest BCUT2D eigenvalue weighted by Crippen LogP contribution is -2.24. The summed E-state index contributed by atoms with van der Waals surface area (Å²) in [6, 6.07) is 0. The molecule has 61 valence electrons. The number of hydrogen-bond acceptors (Lipinski definition) is 3. The molecule has 1 heterocycles. The number of aliphatic hydroxyl groups is 1. The van der Waals surface area contributed by atoms with E-state index in [0.717, 1.165) is 24.3 Å². The molecule has 0 bridgehead atoms. The molecule has 3 heteroatoms. The van der Waals surface area contributed by atoms with E-state index in [1.807, 2.05) is 13.8 Å². The molecule has 3 nitrogen and oxygen atoms in total. The third-order valence-corrected chi connectivity index (χ3v) is 1.66. The van der Waals surface area contributed by atoms with Gasteiger partial charge in [0.05, 0.1) is 6.54 Å². The average Bonchev–Trinajstić information content (AvgIpc) is 2.04. The fourth-order valence-corrected chi connectivity index (χ4v) is 0.908. The topological polar surface area (TPSA) is 44.6 Å². The van der Waals surface area contributed by atoms with Gasteiger partial charge in [-0.25, -0.2) is 4.99 Å². The highest BCUT2D eigenvalue weighted by Crippen LogP contribution is 2.13. The van der Waals surface area contributed by atoms with Crippen molar-refractivity contribution in [2.75, 3.05) is 0 Å². The van der Waals surface area contributed by atoms with E-state index in [2.05, 4.69) is 10.3 Å². The first-order chi connectivity index (χ1) is 5.27. The van der Waals surface area contributed by atoms with Crippen LogP contribution < -0.4 is 5.32 Å². The highest BCUT2D eigenvalue weighted by atomic mass is 16.3. The van der Waals surface area contributed by atoms with Crippen LogP contribution in [-0.4, -0.2) is 10.9 Å². The highest BCUT2D eigenvalue weighted by Gasteiger charge is 2.10. The Morgan fingerprint density at radius 3 is 2.64 bits per heavy atom. The van der Waals surface area contributed by atoms with Crippen LogP contribution in [0.1, 0.15) is 26.7 Å². The van der Waals surface area contributed by atoms with Crippen LogP contribution in [0.25, 0.3) is 0 Å². The highest BCUT2D eigenvalue weighted by molar-refractivity contribution is 5.84. The Morgan fingerprint density at radius 1 is 1.45 bits per heavy atom. The fourth-order valence-electron chi connectivity index (χ4n) is 0.908. The molecule has 0 fully saturated rings. The van der Waals surface area contributed by atoms with E-state index in [1.165, 1.54) is 0 Å². The lowest BCUT2D eigenvalue weighted by atomic mass is 10.2. The maximum Gasteiger partial charge on any atom is 0.213 e. The predicted octanol–water partition coefficient (Wildman–Crippen LogP) is 1.74. The van der Waals surface area contributed by atoms with Gasteiger partial charge in [-0.05, 0) is 6.42 Å². The fraction of sp³-hybridized carbons (Fsp3) is 0.500. The summed E-state index contributed by atoms with van der Waals surface area (Å²) in [4.78, 5) is 3.96. The molecular weight excluding hydrogens is 140 g/mol. The summed E-state index contributed by atoms with van der Waals surface area (Å²) >= 11 is 0. The zero-order valence-corrected chi connectivity index (χ0v) is 6.89. The number of hydrogen-bond donors (Lipinski definition) is 2. The molecule has 1 radical (unpaired) electrons. The molecule has 0 aromatic heterocycles. The van der Waals surface area contributed by atoms with E-state index in [9.17, 15) is 5.11 Å². The van der Waals surface area contributed by atoms with Crippen molar-refractivity contribution in [3.05, 3.63) is 18.0 Å². The molecule has 0 aromatic rings. The Hall–Kier alpha value is -0.990. The number of amidine groups is 1. The van der Waals surface area contributed by atoms with Gasteiger partial charge in [-0.15, -0.1) is 0 Å². The van der Waals surface area contributed by atoms with E-state index in [0.29, 0.717) is 0 Å². The summed E-state index contributed by atoms with van der Waals surface area (Å²) in [5, 5.41) is 12.3. The maximum atomic E-state index is 9.29. The van der Waals surface area contributed by atoms with Gasteiger partial charge >= 0.3 is 0 Å². The van der Waals surface area contributed by atoms with Crippen LogP contribution in [0.3, 0.4) is 0 Å². The molecule has 0 unspecified atom stereocenters. The van der Waals surface area contributed by atoms with Crippen LogP contribution in [0, 0.1) is 6.54 Å². The van der Waals surface area contributed by atoms with Crippen LogP contribution in [-0.2, 0) is 0 Å². The minimum Gasteiger partial charge on any atom is -0.493 e. The van der Waals surface area contributed by atoms with Crippen LogP contribution in [0.2, 0.25) is 0 Å². The van der Waals surface area contributed by atoms with Crippen LogP contribution >= 0.6 is 0 Å². The van der Waals surface area contributed by atoms with E-state index >= 15 is 0 Å². The molecule has 1 aliphatic heterocycles. The molecular formula is C8H13N2O. The standard InChI is InChI=1S/C8H13N2O/c1-3-6-5-9-7(4-2)10-8(6)11/h5,11H,3-4H2,1-2H3,(H,9,10). The lowest BCUT2D eigenvalue weighted by Gasteiger charge is -2.15. The molecule has 0 atom stereocenters. The Bertz CT molecular complexity index is 206. The van der Waals surface area contributed by atoms with Crippen LogP contribution in [0.15, 0.2) is 16.4 Å². The smallest absolute Gasteiger partial charge is 0.213 e. The summed E-state index contributed by atoms with van der Waals surface area (Å²) in [7, 11) is 0. The van der Waals surface area contributed by atoms with Crippen molar-refractivity contribution < 1.29 is 5.11 Å². The normalized spacial score (nSPS) is 17.8. The van der Waals surface area contributed by atoms with Gasteiger partial charge in [0.2, 0.25) is 5.88 Å². The minimum absolute atomic E-state index is 0.156. The van der Waals surface area contributed by atoms with Gasteiger partial charge in [0.25, 0.3) is 0 Å². The first-order valence-electron chi connectivity index (χ1n) is 3.87. The first-order valence-corrected chi connectivity index (χ1v) is 3.87. The average molecular weight is 153 g/mol. The number of nitrogens with one attached hydrogen (secondary N) is 1. The van der Waals surface area contributed by atoms with Crippen molar-refractivity contribution in [2.24, 2.45) is 4.99 Å². The second kappa shape index (κ2) is 3.42. The van der Waals surface area contributed by atoms with Crippen LogP contribution in [0.4, 0.5) is 0 Å². The summed E-state index contributed by atoms with van der Waals surface area (Å²) in [6.07, 6.45) is 1.62. The third kappa shape index (κ3) is 1.73. The van der Waals surface area contributed by atoms with Crippen molar-refractivity contribution >= 4 is 5.84 Å². The van der Waals surface area contributed by atoms with Gasteiger partial charge in [0.15, 0.2) is 0 Å².